The van der Waals surface area contributed by atoms with E-state index in [1.165, 1.54) is 16.8 Å². The Morgan fingerprint density at radius 1 is 1.46 bits per heavy atom. The molecule has 1 aliphatic carbocycles. The van der Waals surface area contributed by atoms with Crippen molar-refractivity contribution in [1.82, 2.24) is 9.78 Å². The number of aryl methyl sites for hydroxylation is 2. The summed E-state index contributed by atoms with van der Waals surface area (Å²) in [4.78, 5) is 13.5. The van der Waals surface area contributed by atoms with Crippen molar-refractivity contribution in [3.8, 4) is 0 Å². The number of rotatable bonds is 1. The maximum Gasteiger partial charge on any atom is 0.259 e. The molecule has 2 aliphatic rings. The van der Waals surface area contributed by atoms with Gasteiger partial charge in [-0.3, -0.25) is 4.79 Å². The number of nitrogens with zero attached hydrogens (tertiary/aromatic N) is 2. The maximum atomic E-state index is 14.1. The predicted molar refractivity (Wildman–Crippen MR) is 98.7 cm³/mol. The molecule has 1 aromatic carbocycles. The Morgan fingerprint density at radius 2 is 2.23 bits per heavy atom. The number of nitrogens with two attached hydrogens (primary N) is 2. The Hall–Kier alpha value is -2.41. The van der Waals surface area contributed by atoms with Crippen LogP contribution in [0.5, 0.6) is 0 Å². The highest BCUT2D eigenvalue weighted by molar-refractivity contribution is 5.94. The third-order valence-electron chi connectivity index (χ3n) is 5.82. The standard InChI is InChI=1S/C19H24FN5O/c1-10-8-11(20)9-12-16(10)23-7-6-19(12,2)18(26)25-17(22)15-13(21)4-3-5-14(15)24-25/h8-9,13,23H,3-7,21-22H2,1-2H3. The number of benzene rings is 1. The molecule has 0 spiro atoms. The van der Waals surface area contributed by atoms with E-state index in [0.717, 1.165) is 41.8 Å². The third-order valence-corrected chi connectivity index (χ3v) is 5.82. The van der Waals surface area contributed by atoms with Crippen LogP contribution in [0.15, 0.2) is 12.1 Å². The molecule has 0 saturated carbocycles. The minimum atomic E-state index is -0.903. The largest absolute Gasteiger partial charge is 0.385 e. The molecule has 1 aromatic heterocycles. The molecule has 0 amide bonds. The van der Waals surface area contributed by atoms with Crippen molar-refractivity contribution in [2.75, 3.05) is 17.6 Å². The van der Waals surface area contributed by atoms with Gasteiger partial charge in [-0.15, -0.1) is 0 Å². The summed E-state index contributed by atoms with van der Waals surface area (Å²) in [6.07, 6.45) is 3.09. The third kappa shape index (κ3) is 2.34. The normalized spacial score (nSPS) is 24.5. The van der Waals surface area contributed by atoms with Gasteiger partial charge in [0.25, 0.3) is 5.91 Å². The molecule has 138 valence electrons. The van der Waals surface area contributed by atoms with E-state index in [2.05, 4.69) is 10.4 Å². The first-order chi connectivity index (χ1) is 12.3. The fourth-order valence-corrected chi connectivity index (χ4v) is 4.31. The van der Waals surface area contributed by atoms with E-state index in [1.807, 2.05) is 13.8 Å². The molecule has 2 unspecified atom stereocenters. The number of carbonyl (C=O) groups excluding carboxylic acids is 1. The summed E-state index contributed by atoms with van der Waals surface area (Å²) >= 11 is 0. The zero-order valence-corrected chi connectivity index (χ0v) is 15.1. The number of carbonyl (C=O) groups is 1. The fraction of sp³-hybridized carbons (Fsp3) is 0.474. The first kappa shape index (κ1) is 17.0. The molecule has 7 heteroatoms. The van der Waals surface area contributed by atoms with E-state index in [4.69, 9.17) is 11.5 Å². The van der Waals surface area contributed by atoms with Gasteiger partial charge in [0.2, 0.25) is 0 Å². The summed E-state index contributed by atoms with van der Waals surface area (Å²) in [7, 11) is 0. The van der Waals surface area contributed by atoms with Crippen molar-refractivity contribution in [3.63, 3.8) is 0 Å². The van der Waals surface area contributed by atoms with Crippen molar-refractivity contribution in [2.45, 2.75) is 51.0 Å². The average molecular weight is 357 g/mol. The molecule has 6 nitrogen and oxygen atoms in total. The maximum absolute atomic E-state index is 14.1. The molecular formula is C19H24FN5O. The topological polar surface area (TPSA) is 99.0 Å². The molecule has 4 rings (SSSR count). The van der Waals surface area contributed by atoms with Crippen molar-refractivity contribution in [2.24, 2.45) is 5.73 Å². The van der Waals surface area contributed by atoms with Gasteiger partial charge in [-0.2, -0.15) is 9.78 Å². The van der Waals surface area contributed by atoms with Gasteiger partial charge in [-0.25, -0.2) is 4.39 Å². The van der Waals surface area contributed by atoms with Crippen molar-refractivity contribution < 1.29 is 9.18 Å². The van der Waals surface area contributed by atoms with E-state index in [0.29, 0.717) is 24.3 Å². The first-order valence-electron chi connectivity index (χ1n) is 9.05. The molecule has 0 fully saturated rings. The number of nitrogens with one attached hydrogen (secondary N) is 1. The van der Waals surface area contributed by atoms with Gasteiger partial charge >= 0.3 is 0 Å². The summed E-state index contributed by atoms with van der Waals surface area (Å²) < 4.78 is 15.4. The van der Waals surface area contributed by atoms with E-state index < -0.39 is 5.41 Å². The zero-order chi connectivity index (χ0) is 18.6. The van der Waals surface area contributed by atoms with E-state index >= 15 is 0 Å². The summed E-state index contributed by atoms with van der Waals surface area (Å²) in [6.45, 7) is 4.31. The van der Waals surface area contributed by atoms with Crippen LogP contribution in [0.2, 0.25) is 0 Å². The number of nitrogen functional groups attached to an aromatic ring is 1. The lowest BCUT2D eigenvalue weighted by Crippen LogP contribution is -2.42. The zero-order valence-electron chi connectivity index (χ0n) is 15.1. The van der Waals surface area contributed by atoms with Gasteiger partial charge < -0.3 is 16.8 Å². The number of halogens is 1. The van der Waals surface area contributed by atoms with Crippen molar-refractivity contribution in [3.05, 3.63) is 40.3 Å². The lowest BCUT2D eigenvalue weighted by molar-refractivity contribution is 0.0785. The Bertz CT molecular complexity index is 906. The molecule has 0 bridgehead atoms. The van der Waals surface area contributed by atoms with Gasteiger partial charge in [-0.05, 0) is 62.8 Å². The quantitative estimate of drug-likeness (QED) is 0.729. The SMILES string of the molecule is Cc1cc(F)cc2c1NCCC2(C)C(=O)n1nc2c(c1N)C(N)CCC2. The highest BCUT2D eigenvalue weighted by atomic mass is 19.1. The number of fused-ring (bicyclic) bond motifs is 2. The second-order valence-corrected chi connectivity index (χ2v) is 7.62. The Morgan fingerprint density at radius 3 is 2.96 bits per heavy atom. The Kier molecular flexibility index (Phi) is 3.80. The summed E-state index contributed by atoms with van der Waals surface area (Å²) in [5, 5.41) is 7.78. The number of aromatic nitrogens is 2. The van der Waals surface area contributed by atoms with E-state index in [1.54, 1.807) is 0 Å². The van der Waals surface area contributed by atoms with Gasteiger partial charge in [0.15, 0.2) is 0 Å². The van der Waals surface area contributed by atoms with E-state index in [-0.39, 0.29) is 17.8 Å². The minimum absolute atomic E-state index is 0.187. The molecule has 26 heavy (non-hydrogen) atoms. The number of hydrogen-bond acceptors (Lipinski definition) is 5. The summed E-state index contributed by atoms with van der Waals surface area (Å²) in [5.41, 5.74) is 15.4. The number of anilines is 2. The van der Waals surface area contributed by atoms with Crippen LogP contribution < -0.4 is 16.8 Å². The van der Waals surface area contributed by atoms with E-state index in [9.17, 15) is 9.18 Å². The Labute approximate surface area is 151 Å². The number of hydrogen-bond donors (Lipinski definition) is 3. The second kappa shape index (κ2) is 5.81. The van der Waals surface area contributed by atoms with Crippen LogP contribution in [0.3, 0.4) is 0 Å². The Balaban J connectivity index is 1.84. The van der Waals surface area contributed by atoms with Gasteiger partial charge in [0.1, 0.15) is 11.6 Å². The molecule has 2 heterocycles. The predicted octanol–water partition coefficient (Wildman–Crippen LogP) is 2.66. The van der Waals surface area contributed by atoms with Crippen LogP contribution in [0, 0.1) is 12.7 Å². The smallest absolute Gasteiger partial charge is 0.259 e. The highest BCUT2D eigenvalue weighted by Crippen LogP contribution is 2.41. The van der Waals surface area contributed by atoms with Crippen LogP contribution in [-0.4, -0.2) is 22.2 Å². The first-order valence-corrected chi connectivity index (χ1v) is 9.05. The molecule has 2 aromatic rings. The molecule has 0 saturated heterocycles. The monoisotopic (exact) mass is 357 g/mol. The summed E-state index contributed by atoms with van der Waals surface area (Å²) in [5.74, 6) is -0.255. The lowest BCUT2D eigenvalue weighted by atomic mass is 9.75. The second-order valence-electron chi connectivity index (χ2n) is 7.62. The molecule has 2 atom stereocenters. The fourth-order valence-electron chi connectivity index (χ4n) is 4.31. The molecule has 0 radical (unpaired) electrons. The van der Waals surface area contributed by atoms with Crippen LogP contribution in [0.4, 0.5) is 15.9 Å². The average Bonchev–Trinajstić information content (AvgIpc) is 2.93. The molecule has 5 N–H and O–H groups in total. The van der Waals surface area contributed by atoms with Crippen molar-refractivity contribution in [1.29, 1.82) is 0 Å². The van der Waals surface area contributed by atoms with Crippen molar-refractivity contribution >= 4 is 17.4 Å². The van der Waals surface area contributed by atoms with Gasteiger partial charge in [-0.1, -0.05) is 0 Å². The summed E-state index contributed by atoms with van der Waals surface area (Å²) in [6, 6.07) is 2.73. The molecule has 1 aliphatic heterocycles. The minimum Gasteiger partial charge on any atom is -0.385 e. The van der Waals surface area contributed by atoms with Crippen LogP contribution >= 0.6 is 0 Å². The van der Waals surface area contributed by atoms with Gasteiger partial charge in [0.05, 0.1) is 11.1 Å². The van der Waals surface area contributed by atoms with Gasteiger partial charge in [0, 0.05) is 23.8 Å². The lowest BCUT2D eigenvalue weighted by Gasteiger charge is -2.35. The van der Waals surface area contributed by atoms with Crippen LogP contribution in [0.1, 0.15) is 59.4 Å². The molecular weight excluding hydrogens is 333 g/mol. The van der Waals surface area contributed by atoms with Crippen LogP contribution in [-0.2, 0) is 11.8 Å². The van der Waals surface area contributed by atoms with Crippen LogP contribution in [0.25, 0.3) is 0 Å². The highest BCUT2D eigenvalue weighted by Gasteiger charge is 2.43.